The molecule has 3 heterocycles. The van der Waals surface area contributed by atoms with Gasteiger partial charge in [0.05, 0.1) is 18.3 Å². The van der Waals surface area contributed by atoms with Crippen molar-refractivity contribution in [2.24, 2.45) is 0 Å². The predicted octanol–water partition coefficient (Wildman–Crippen LogP) is 4.92. The van der Waals surface area contributed by atoms with Gasteiger partial charge in [0.1, 0.15) is 0 Å². The molecule has 5 rings (SSSR count). The lowest BCUT2D eigenvalue weighted by atomic mass is 10.1. The monoisotopic (exact) mass is 489 g/mol. The van der Waals surface area contributed by atoms with Crippen molar-refractivity contribution >= 4 is 29.0 Å². The first-order valence-electron chi connectivity index (χ1n) is 11.5. The van der Waals surface area contributed by atoms with E-state index in [9.17, 15) is 4.79 Å². The number of aromatic nitrogens is 3. The summed E-state index contributed by atoms with van der Waals surface area (Å²) < 4.78 is 2.09. The topological polar surface area (TPSA) is 63.1 Å². The summed E-state index contributed by atoms with van der Waals surface area (Å²) in [5, 5.41) is 15.0. The fourth-order valence-corrected chi connectivity index (χ4v) is 5.81. The normalized spacial score (nSPS) is 14.8. The molecule has 0 radical (unpaired) electrons. The molecule has 34 heavy (non-hydrogen) atoms. The molecular formula is C26H27N5OS2. The van der Waals surface area contributed by atoms with Crippen molar-refractivity contribution < 1.29 is 4.79 Å². The Kier molecular flexibility index (Phi) is 7.38. The number of nitrogens with one attached hydrogen (secondary N) is 1. The summed E-state index contributed by atoms with van der Waals surface area (Å²) >= 11 is 3.07. The summed E-state index contributed by atoms with van der Waals surface area (Å²) in [6.07, 6.45) is 2.46. The average molecular weight is 490 g/mol. The van der Waals surface area contributed by atoms with Gasteiger partial charge in [-0.2, -0.15) is 0 Å². The number of carbonyl (C=O) groups is 1. The number of thiophene rings is 1. The second-order valence-corrected chi connectivity index (χ2v) is 10.2. The van der Waals surface area contributed by atoms with Crippen molar-refractivity contribution in [3.8, 4) is 5.69 Å². The van der Waals surface area contributed by atoms with Crippen LogP contribution in [0.15, 0.2) is 83.3 Å². The van der Waals surface area contributed by atoms with Gasteiger partial charge in [0.15, 0.2) is 11.0 Å². The van der Waals surface area contributed by atoms with E-state index in [1.54, 1.807) is 11.3 Å². The molecule has 4 aromatic rings. The Labute approximate surface area is 208 Å². The molecule has 6 nitrogen and oxygen atoms in total. The van der Waals surface area contributed by atoms with Gasteiger partial charge >= 0.3 is 0 Å². The van der Waals surface area contributed by atoms with E-state index < -0.39 is 0 Å². The van der Waals surface area contributed by atoms with Gasteiger partial charge in [0.25, 0.3) is 0 Å². The van der Waals surface area contributed by atoms with Crippen LogP contribution < -0.4 is 5.32 Å². The fraction of sp³-hybridized carbons (Fsp3) is 0.269. The minimum atomic E-state index is -0.160. The number of nitrogens with zero attached hydrogens (tertiary/aromatic N) is 4. The number of hydrogen-bond donors (Lipinski definition) is 1. The third-order valence-electron chi connectivity index (χ3n) is 5.88. The van der Waals surface area contributed by atoms with E-state index in [1.807, 2.05) is 47.8 Å². The molecule has 174 valence electrons. The number of benzene rings is 2. The lowest BCUT2D eigenvalue weighted by molar-refractivity contribution is -0.119. The Morgan fingerprint density at radius 3 is 2.41 bits per heavy atom. The zero-order chi connectivity index (χ0) is 23.2. The number of carbonyl (C=O) groups excluding carboxylic acids is 1. The van der Waals surface area contributed by atoms with E-state index in [4.69, 9.17) is 0 Å². The average Bonchev–Trinajstić information content (AvgIpc) is 3.65. The van der Waals surface area contributed by atoms with Gasteiger partial charge in [-0.05, 0) is 55.1 Å². The van der Waals surface area contributed by atoms with Gasteiger partial charge in [0, 0.05) is 10.6 Å². The highest BCUT2D eigenvalue weighted by molar-refractivity contribution is 7.99. The molecule has 1 aliphatic heterocycles. The third kappa shape index (κ3) is 5.41. The molecule has 1 amide bonds. The number of para-hydroxylation sites is 1. The number of likely N-dealkylation sites (tertiary alicyclic amines) is 1. The van der Waals surface area contributed by atoms with Crippen LogP contribution in [0, 0.1) is 0 Å². The molecule has 2 aromatic carbocycles. The molecule has 0 aliphatic carbocycles. The van der Waals surface area contributed by atoms with Crippen molar-refractivity contribution in [2.45, 2.75) is 30.6 Å². The van der Waals surface area contributed by atoms with Crippen LogP contribution in [0.2, 0.25) is 0 Å². The molecule has 8 heteroatoms. The highest BCUT2D eigenvalue weighted by Crippen LogP contribution is 2.27. The summed E-state index contributed by atoms with van der Waals surface area (Å²) in [4.78, 5) is 16.6. The van der Waals surface area contributed by atoms with Crippen LogP contribution in [0.5, 0.6) is 0 Å². The van der Waals surface area contributed by atoms with Gasteiger partial charge < -0.3 is 5.32 Å². The molecule has 1 unspecified atom stereocenters. The van der Waals surface area contributed by atoms with Crippen LogP contribution in [0.25, 0.3) is 5.69 Å². The molecule has 1 N–H and O–H groups in total. The van der Waals surface area contributed by atoms with E-state index in [0.29, 0.717) is 0 Å². The highest BCUT2D eigenvalue weighted by Gasteiger charge is 2.22. The van der Waals surface area contributed by atoms with E-state index in [1.165, 1.54) is 24.6 Å². The van der Waals surface area contributed by atoms with Gasteiger partial charge in [-0.15, -0.1) is 21.5 Å². The maximum Gasteiger partial charge on any atom is 0.231 e. The van der Waals surface area contributed by atoms with E-state index in [-0.39, 0.29) is 17.7 Å². The lowest BCUT2D eigenvalue weighted by Gasteiger charge is -2.18. The Morgan fingerprint density at radius 2 is 1.71 bits per heavy atom. The molecule has 0 saturated carbocycles. The van der Waals surface area contributed by atoms with E-state index >= 15 is 0 Å². The second-order valence-electron chi connectivity index (χ2n) is 8.27. The molecule has 1 fully saturated rings. The number of thioether (sulfide) groups is 1. The van der Waals surface area contributed by atoms with Crippen LogP contribution in [0.3, 0.4) is 0 Å². The van der Waals surface area contributed by atoms with Crippen LogP contribution in [0.1, 0.15) is 35.1 Å². The summed E-state index contributed by atoms with van der Waals surface area (Å²) in [6.45, 7) is 2.95. The Hall–Kier alpha value is -2.94. The highest BCUT2D eigenvalue weighted by atomic mass is 32.2. The van der Waals surface area contributed by atoms with E-state index in [0.717, 1.165) is 46.7 Å². The van der Waals surface area contributed by atoms with E-state index in [2.05, 4.69) is 55.3 Å². The molecule has 0 spiro atoms. The summed E-state index contributed by atoms with van der Waals surface area (Å²) in [6, 6.07) is 24.2. The molecule has 1 saturated heterocycles. The quantitative estimate of drug-likeness (QED) is 0.338. The van der Waals surface area contributed by atoms with Crippen molar-refractivity contribution in [1.82, 2.24) is 25.0 Å². The Balaban J connectivity index is 1.32. The van der Waals surface area contributed by atoms with Crippen LogP contribution >= 0.6 is 23.1 Å². The lowest BCUT2D eigenvalue weighted by Crippen LogP contribution is -2.30. The first kappa shape index (κ1) is 22.8. The number of rotatable bonds is 9. The van der Waals surface area contributed by atoms with Gasteiger partial charge in [-0.1, -0.05) is 66.4 Å². The number of amides is 1. The van der Waals surface area contributed by atoms with Crippen molar-refractivity contribution in [3.05, 3.63) is 94.4 Å². The SMILES string of the molecule is O=C(CSc1nnc(CN2CCCC2)n1-c1ccccc1)NC(c1ccccc1)c1cccs1. The van der Waals surface area contributed by atoms with Crippen molar-refractivity contribution in [2.75, 3.05) is 18.8 Å². The third-order valence-corrected chi connectivity index (χ3v) is 7.74. The Bertz CT molecular complexity index is 1190. The van der Waals surface area contributed by atoms with Crippen LogP contribution in [0.4, 0.5) is 0 Å². The standard InChI is InChI=1S/C26H27N5OS2/c32-24(27-25(22-14-9-17-33-22)20-10-3-1-4-11-20)19-34-26-29-28-23(18-30-15-7-8-16-30)31(26)21-12-5-2-6-13-21/h1-6,9-14,17,25H,7-8,15-16,18-19H2,(H,27,32). The van der Waals surface area contributed by atoms with Crippen molar-refractivity contribution in [1.29, 1.82) is 0 Å². The van der Waals surface area contributed by atoms with Crippen LogP contribution in [-0.4, -0.2) is 44.4 Å². The zero-order valence-electron chi connectivity index (χ0n) is 18.8. The predicted molar refractivity (Wildman–Crippen MR) is 137 cm³/mol. The maximum absolute atomic E-state index is 13.0. The first-order valence-corrected chi connectivity index (χ1v) is 13.4. The largest absolute Gasteiger partial charge is 0.344 e. The first-order chi connectivity index (χ1) is 16.8. The molecule has 2 aromatic heterocycles. The second kappa shape index (κ2) is 11.0. The Morgan fingerprint density at radius 1 is 0.971 bits per heavy atom. The molecule has 1 atom stereocenters. The molecular weight excluding hydrogens is 462 g/mol. The zero-order valence-corrected chi connectivity index (χ0v) is 20.5. The van der Waals surface area contributed by atoms with Gasteiger partial charge in [-0.3, -0.25) is 14.3 Å². The molecule has 1 aliphatic rings. The summed E-state index contributed by atoms with van der Waals surface area (Å²) in [7, 11) is 0. The maximum atomic E-state index is 13.0. The summed E-state index contributed by atoms with van der Waals surface area (Å²) in [5.41, 5.74) is 2.09. The fourth-order valence-electron chi connectivity index (χ4n) is 4.23. The summed E-state index contributed by atoms with van der Waals surface area (Å²) in [5.74, 6) is 1.15. The minimum absolute atomic E-state index is 0.0315. The van der Waals surface area contributed by atoms with Crippen LogP contribution in [-0.2, 0) is 11.3 Å². The van der Waals surface area contributed by atoms with Gasteiger partial charge in [-0.25, -0.2) is 0 Å². The number of hydrogen-bond acceptors (Lipinski definition) is 6. The van der Waals surface area contributed by atoms with Crippen molar-refractivity contribution in [3.63, 3.8) is 0 Å². The minimum Gasteiger partial charge on any atom is -0.344 e. The molecule has 0 bridgehead atoms. The van der Waals surface area contributed by atoms with Gasteiger partial charge in [0.2, 0.25) is 5.91 Å². The smallest absolute Gasteiger partial charge is 0.231 e.